The molecule has 3 heterocycles. The van der Waals surface area contributed by atoms with Crippen molar-refractivity contribution in [2.75, 3.05) is 13.6 Å². The summed E-state index contributed by atoms with van der Waals surface area (Å²) >= 11 is 0. The molecule has 29 heavy (non-hydrogen) atoms. The van der Waals surface area contributed by atoms with Gasteiger partial charge in [-0.3, -0.25) is 24.4 Å². The van der Waals surface area contributed by atoms with Crippen molar-refractivity contribution in [3.8, 4) is 11.5 Å². The van der Waals surface area contributed by atoms with Crippen LogP contribution in [0, 0.1) is 0 Å². The molecule has 0 saturated heterocycles. The van der Waals surface area contributed by atoms with Crippen molar-refractivity contribution in [1.29, 1.82) is 0 Å². The third-order valence-corrected chi connectivity index (χ3v) is 3.95. The lowest BCUT2D eigenvalue weighted by atomic mass is 10.2. The molecule has 0 aliphatic heterocycles. The van der Waals surface area contributed by atoms with Crippen LogP contribution < -0.4 is 16.0 Å². The fourth-order valence-corrected chi connectivity index (χ4v) is 2.42. The Balaban J connectivity index is 1.64. The van der Waals surface area contributed by atoms with Crippen LogP contribution >= 0.6 is 0 Å². The van der Waals surface area contributed by atoms with Crippen LogP contribution in [0.5, 0.6) is 0 Å². The summed E-state index contributed by atoms with van der Waals surface area (Å²) in [6.07, 6.45) is 3.14. The Bertz CT molecular complexity index is 1020. The summed E-state index contributed by atoms with van der Waals surface area (Å²) in [4.78, 5) is 43.6. The van der Waals surface area contributed by atoms with E-state index in [4.69, 9.17) is 4.42 Å². The minimum absolute atomic E-state index is 0.0690. The van der Waals surface area contributed by atoms with Gasteiger partial charge in [0.1, 0.15) is 11.4 Å². The van der Waals surface area contributed by atoms with Crippen LogP contribution in [0.25, 0.3) is 11.5 Å². The molecule has 0 aromatic carbocycles. The van der Waals surface area contributed by atoms with Crippen LogP contribution in [0.1, 0.15) is 26.6 Å². The van der Waals surface area contributed by atoms with Gasteiger partial charge in [0.05, 0.1) is 6.54 Å². The maximum Gasteiger partial charge on any atom is 0.287 e. The number of rotatable bonds is 7. The van der Waals surface area contributed by atoms with E-state index >= 15 is 0 Å². The molecule has 3 aromatic heterocycles. The number of hydrogen-bond acceptors (Lipinski definition) is 6. The maximum absolute atomic E-state index is 12.1. The summed E-state index contributed by atoms with van der Waals surface area (Å²) < 4.78 is 5.54. The number of carbonyl (C=O) groups is 3. The first kappa shape index (κ1) is 19.7. The minimum atomic E-state index is -0.501. The quantitative estimate of drug-likeness (QED) is 0.553. The second-order valence-corrected chi connectivity index (χ2v) is 5.97. The van der Waals surface area contributed by atoms with Gasteiger partial charge >= 0.3 is 0 Å². The Morgan fingerprint density at radius 3 is 2.59 bits per heavy atom. The van der Waals surface area contributed by atoms with E-state index in [-0.39, 0.29) is 30.7 Å². The lowest BCUT2D eigenvalue weighted by molar-refractivity contribution is -0.119. The van der Waals surface area contributed by atoms with Gasteiger partial charge in [0.15, 0.2) is 11.5 Å². The topological polar surface area (TPSA) is 126 Å². The first-order valence-electron chi connectivity index (χ1n) is 8.80. The maximum atomic E-state index is 12.1. The molecular formula is C20H19N5O4. The van der Waals surface area contributed by atoms with Gasteiger partial charge < -0.3 is 20.4 Å². The van der Waals surface area contributed by atoms with Crippen molar-refractivity contribution in [2.45, 2.75) is 6.54 Å². The second kappa shape index (κ2) is 9.27. The monoisotopic (exact) mass is 393 g/mol. The first-order chi connectivity index (χ1) is 14.1. The fraction of sp³-hybridized carbons (Fsp3) is 0.150. The molecule has 9 heteroatoms. The molecule has 9 nitrogen and oxygen atoms in total. The molecule has 0 unspecified atom stereocenters. The molecule has 0 spiro atoms. The van der Waals surface area contributed by atoms with E-state index in [0.29, 0.717) is 17.1 Å². The molecule has 3 rings (SSSR count). The number of furan rings is 1. The van der Waals surface area contributed by atoms with Crippen molar-refractivity contribution in [3.05, 3.63) is 71.9 Å². The summed E-state index contributed by atoms with van der Waals surface area (Å²) in [7, 11) is 1.48. The Labute approximate surface area is 166 Å². The third kappa shape index (κ3) is 5.25. The molecule has 0 radical (unpaired) electrons. The predicted molar refractivity (Wildman–Crippen MR) is 104 cm³/mol. The van der Waals surface area contributed by atoms with Crippen molar-refractivity contribution < 1.29 is 18.8 Å². The van der Waals surface area contributed by atoms with Crippen LogP contribution in [-0.2, 0) is 11.3 Å². The zero-order valence-electron chi connectivity index (χ0n) is 15.6. The highest BCUT2D eigenvalue weighted by molar-refractivity contribution is 5.94. The number of nitrogens with zero attached hydrogens (tertiary/aromatic N) is 2. The van der Waals surface area contributed by atoms with Crippen LogP contribution in [0.2, 0.25) is 0 Å². The Hall–Kier alpha value is -4.01. The summed E-state index contributed by atoms with van der Waals surface area (Å²) in [5.74, 6) is -0.629. The first-order valence-corrected chi connectivity index (χ1v) is 8.80. The molecule has 3 amide bonds. The van der Waals surface area contributed by atoms with Crippen LogP contribution in [0.15, 0.2) is 59.3 Å². The molecule has 0 saturated carbocycles. The Morgan fingerprint density at radius 2 is 1.83 bits per heavy atom. The molecule has 3 aromatic rings. The third-order valence-electron chi connectivity index (χ3n) is 3.95. The molecule has 148 valence electrons. The Kier molecular flexibility index (Phi) is 6.31. The minimum Gasteiger partial charge on any atom is -0.449 e. The van der Waals surface area contributed by atoms with Gasteiger partial charge in [-0.2, -0.15) is 0 Å². The van der Waals surface area contributed by atoms with E-state index in [1.165, 1.54) is 13.1 Å². The zero-order chi connectivity index (χ0) is 20.6. The van der Waals surface area contributed by atoms with E-state index in [2.05, 4.69) is 25.9 Å². The lowest BCUT2D eigenvalue weighted by Crippen LogP contribution is -2.34. The zero-order valence-corrected chi connectivity index (χ0v) is 15.6. The summed E-state index contributed by atoms with van der Waals surface area (Å²) in [6.45, 7) is 0.139. The smallest absolute Gasteiger partial charge is 0.287 e. The van der Waals surface area contributed by atoms with E-state index in [1.54, 1.807) is 48.8 Å². The van der Waals surface area contributed by atoms with Crippen molar-refractivity contribution in [3.63, 3.8) is 0 Å². The standard InChI is InChI=1S/C20H19N5O4/c1-21-18(26)12-25-20(28)17-6-5-16(29-17)15-10-13(7-9-23-15)11-24-19(27)14-4-2-3-8-22-14/h2-10H,11-12H2,1H3,(H,21,26)(H,24,27)(H,25,28). The van der Waals surface area contributed by atoms with Crippen LogP contribution in [0.3, 0.4) is 0 Å². The van der Waals surface area contributed by atoms with Gasteiger partial charge in [0.25, 0.3) is 11.8 Å². The molecular weight excluding hydrogens is 374 g/mol. The average molecular weight is 393 g/mol. The van der Waals surface area contributed by atoms with Crippen molar-refractivity contribution >= 4 is 17.7 Å². The molecule has 0 atom stereocenters. The predicted octanol–water partition coefficient (Wildman–Crippen LogP) is 1.14. The number of likely N-dealkylation sites (N-methyl/N-ethyl adjacent to an activating group) is 1. The second-order valence-electron chi connectivity index (χ2n) is 5.97. The largest absolute Gasteiger partial charge is 0.449 e. The SMILES string of the molecule is CNC(=O)CNC(=O)c1ccc(-c2cc(CNC(=O)c3ccccn3)ccn2)o1. The number of carbonyl (C=O) groups excluding carboxylic acids is 3. The molecule has 0 aliphatic rings. The normalized spacial score (nSPS) is 10.2. The van der Waals surface area contributed by atoms with Gasteiger partial charge in [-0.25, -0.2) is 0 Å². The fourth-order valence-electron chi connectivity index (χ4n) is 2.42. The molecule has 0 bridgehead atoms. The number of nitrogens with one attached hydrogen (secondary N) is 3. The highest BCUT2D eigenvalue weighted by Crippen LogP contribution is 2.21. The number of amides is 3. The average Bonchev–Trinajstić information content (AvgIpc) is 3.27. The lowest BCUT2D eigenvalue weighted by Gasteiger charge is -2.06. The Morgan fingerprint density at radius 1 is 0.966 bits per heavy atom. The number of pyridine rings is 2. The van der Waals surface area contributed by atoms with Crippen molar-refractivity contribution in [2.24, 2.45) is 0 Å². The summed E-state index contributed by atoms with van der Waals surface area (Å²) in [5, 5.41) is 7.66. The van der Waals surface area contributed by atoms with Crippen LogP contribution in [0.4, 0.5) is 0 Å². The van der Waals surface area contributed by atoms with Gasteiger partial charge in [-0.1, -0.05) is 6.07 Å². The summed E-state index contributed by atoms with van der Waals surface area (Å²) in [6, 6.07) is 11.8. The van der Waals surface area contributed by atoms with Gasteiger partial charge in [-0.05, 0) is 42.0 Å². The highest BCUT2D eigenvalue weighted by Gasteiger charge is 2.14. The van der Waals surface area contributed by atoms with E-state index in [1.807, 2.05) is 0 Å². The molecule has 0 fully saturated rings. The van der Waals surface area contributed by atoms with E-state index < -0.39 is 5.91 Å². The molecule has 0 aliphatic carbocycles. The van der Waals surface area contributed by atoms with Crippen LogP contribution in [-0.4, -0.2) is 41.3 Å². The van der Waals surface area contributed by atoms with Gasteiger partial charge in [0.2, 0.25) is 5.91 Å². The van der Waals surface area contributed by atoms with E-state index in [0.717, 1.165) is 5.56 Å². The highest BCUT2D eigenvalue weighted by atomic mass is 16.4. The van der Waals surface area contributed by atoms with E-state index in [9.17, 15) is 14.4 Å². The van der Waals surface area contributed by atoms with Gasteiger partial charge in [-0.15, -0.1) is 0 Å². The summed E-state index contributed by atoms with van der Waals surface area (Å²) in [5.41, 5.74) is 1.65. The van der Waals surface area contributed by atoms with Gasteiger partial charge in [0, 0.05) is 26.0 Å². The van der Waals surface area contributed by atoms with Crippen molar-refractivity contribution in [1.82, 2.24) is 25.9 Å². The molecule has 3 N–H and O–H groups in total. The number of hydrogen-bond donors (Lipinski definition) is 3. The number of aromatic nitrogens is 2.